The Morgan fingerprint density at radius 1 is 0.897 bits per heavy atom. The Kier molecular flexibility index (Phi) is 11.0. The molecule has 0 fully saturated rings. The monoisotopic (exact) mass is 500 g/mol. The number of aryl methyl sites for hydroxylation is 2. The third-order valence-corrected chi connectivity index (χ3v) is 11.0. The van der Waals surface area contributed by atoms with E-state index in [1.807, 2.05) is 0 Å². The molecule has 1 aromatic carbocycles. The van der Waals surface area contributed by atoms with Crippen LogP contribution in [-0.2, 0) is 20.4 Å². The van der Waals surface area contributed by atoms with Gasteiger partial charge in [-0.1, -0.05) is 0 Å². The van der Waals surface area contributed by atoms with Gasteiger partial charge in [0, 0.05) is 0 Å². The van der Waals surface area contributed by atoms with E-state index in [1.165, 1.54) is 17.5 Å². The molecule has 0 bridgehead atoms. The molecule has 0 amide bonds. The molecule has 2 aliphatic rings. The van der Waals surface area contributed by atoms with Gasteiger partial charge < -0.3 is 37.2 Å². The third kappa shape index (κ3) is 5.82. The van der Waals surface area contributed by atoms with Crippen LogP contribution in [0, 0.1) is 19.3 Å². The molecule has 29 heavy (non-hydrogen) atoms. The zero-order chi connectivity index (χ0) is 19.1. The number of hydrogen-bond acceptors (Lipinski definition) is 0. The summed E-state index contributed by atoms with van der Waals surface area (Å²) < 4.78 is 1.64. The zero-order valence-electron chi connectivity index (χ0n) is 18.3. The van der Waals surface area contributed by atoms with Gasteiger partial charge in [-0.15, -0.1) is 0 Å². The fourth-order valence-electron chi connectivity index (χ4n) is 4.99. The Labute approximate surface area is 210 Å². The van der Waals surface area contributed by atoms with E-state index in [0.717, 1.165) is 6.42 Å². The molecule has 0 saturated carbocycles. The summed E-state index contributed by atoms with van der Waals surface area (Å²) >= 11 is 2.41. The third-order valence-electron chi connectivity index (χ3n) is 6.52. The number of hydrogen-bond donors (Lipinski definition) is 0. The molecule has 0 nitrogen and oxygen atoms in total. The van der Waals surface area contributed by atoms with E-state index in [4.69, 9.17) is 0 Å². The van der Waals surface area contributed by atoms with Crippen LogP contribution in [0.1, 0.15) is 51.7 Å². The summed E-state index contributed by atoms with van der Waals surface area (Å²) in [6, 6.07) is 7.20. The van der Waals surface area contributed by atoms with Crippen molar-refractivity contribution in [3.05, 3.63) is 74.2 Å². The minimum absolute atomic E-state index is 0. The zero-order valence-corrected chi connectivity index (χ0v) is 23.5. The molecule has 3 rings (SSSR count). The Morgan fingerprint density at radius 2 is 1.48 bits per heavy atom. The van der Waals surface area contributed by atoms with Gasteiger partial charge in [-0.05, 0) is 0 Å². The Hall–Kier alpha value is -0.0188. The van der Waals surface area contributed by atoms with Gasteiger partial charge in [0.25, 0.3) is 0 Å². The van der Waals surface area contributed by atoms with Gasteiger partial charge in [0.2, 0.25) is 0 Å². The van der Waals surface area contributed by atoms with Crippen LogP contribution in [0.15, 0.2) is 63.1 Å². The molecule has 1 aromatic rings. The summed E-state index contributed by atoms with van der Waals surface area (Å²) in [5, 5.41) is 1.89. The van der Waals surface area contributed by atoms with Crippen LogP contribution >= 0.6 is 0 Å². The molecule has 0 aromatic heterocycles. The summed E-state index contributed by atoms with van der Waals surface area (Å²) in [6.45, 7) is 14.0. The van der Waals surface area contributed by atoms with Crippen LogP contribution < -0.4 is 42.4 Å². The molecule has 156 valence electrons. The average molecular weight is 502 g/mol. The van der Waals surface area contributed by atoms with E-state index in [-0.39, 0.29) is 47.7 Å². The Morgan fingerprint density at radius 3 is 1.93 bits per heavy atom. The molecule has 2 unspecified atom stereocenters. The first kappa shape index (κ1) is 29.0. The molecule has 2 atom stereocenters. The van der Waals surface area contributed by atoms with E-state index in [2.05, 4.69) is 104 Å². The maximum atomic E-state index is 2.45. The molecule has 0 aliphatic heterocycles. The van der Waals surface area contributed by atoms with Crippen molar-refractivity contribution in [1.82, 2.24) is 0 Å². The second-order valence-electron chi connectivity index (χ2n) is 8.83. The van der Waals surface area contributed by atoms with E-state index in [9.17, 15) is 0 Å². The first-order valence-corrected chi connectivity index (χ1v) is 11.9. The second kappa shape index (κ2) is 11.0. The van der Waals surface area contributed by atoms with Gasteiger partial charge in [0.15, 0.2) is 0 Å². The van der Waals surface area contributed by atoms with Crippen molar-refractivity contribution >= 4 is 14.7 Å². The first-order chi connectivity index (χ1) is 12.2. The minimum Gasteiger partial charge on any atom is -1.00 e. The van der Waals surface area contributed by atoms with Gasteiger partial charge >= 0.3 is 174 Å². The van der Waals surface area contributed by atoms with Crippen molar-refractivity contribution in [2.75, 3.05) is 0 Å². The van der Waals surface area contributed by atoms with E-state index < -0.39 is 9.52 Å². The largest absolute Gasteiger partial charge is 1.00 e. The summed E-state index contributed by atoms with van der Waals surface area (Å²) in [6.07, 6.45) is 11.7. The topological polar surface area (TPSA) is 0 Å². The van der Waals surface area contributed by atoms with Crippen molar-refractivity contribution in [3.8, 4) is 0 Å². The molecular formula is C24H31Cl3SiTi. The van der Waals surface area contributed by atoms with Crippen molar-refractivity contribution in [2.45, 2.75) is 59.4 Å². The van der Waals surface area contributed by atoms with Crippen LogP contribution in [0.5, 0.6) is 0 Å². The number of rotatable bonds is 4. The number of halogens is 3. The number of allylic oxidation sites excluding steroid dienone is 8. The van der Waals surface area contributed by atoms with Crippen LogP contribution in [0.4, 0.5) is 0 Å². The van der Waals surface area contributed by atoms with E-state index in [0.29, 0.717) is 0 Å². The standard InChI is InChI=1S/C24H31Si.3ClH.Ti/c1-17-12-18(2)14-22(13-17)25-24(15-19(3)20(4)21(24)5)16-23(6)10-8-7-9-11-23;;;;/h7-10,12-14H,11,16,25H2,1-6H3;3*1H;/q;;;;+3/p-3. The Bertz CT molecular complexity index is 823. The quantitative estimate of drug-likeness (QED) is 0.374. The fraction of sp³-hybridized carbons (Fsp3) is 0.417. The number of benzene rings is 1. The van der Waals surface area contributed by atoms with Crippen molar-refractivity contribution < 1.29 is 57.7 Å². The average Bonchev–Trinajstić information content (AvgIpc) is 2.70. The molecule has 5 heteroatoms. The summed E-state index contributed by atoms with van der Waals surface area (Å²) in [4.78, 5) is 0. The predicted octanol–water partition coefficient (Wildman–Crippen LogP) is -3.65. The first-order valence-electron chi connectivity index (χ1n) is 9.70. The summed E-state index contributed by atoms with van der Waals surface area (Å²) in [5.74, 6) is 0. The van der Waals surface area contributed by atoms with Crippen molar-refractivity contribution in [2.24, 2.45) is 5.41 Å². The fourth-order valence-corrected chi connectivity index (χ4v) is 9.34. The Balaban J connectivity index is 0.00000261. The summed E-state index contributed by atoms with van der Waals surface area (Å²) in [5.41, 5.74) is 7.79. The van der Waals surface area contributed by atoms with Gasteiger partial charge in [0.05, 0.1) is 0 Å². The normalized spacial score (nSPS) is 25.9. The van der Waals surface area contributed by atoms with Gasteiger partial charge in [-0.25, -0.2) is 0 Å². The minimum atomic E-state index is -0.499. The van der Waals surface area contributed by atoms with Crippen molar-refractivity contribution in [1.29, 1.82) is 0 Å². The van der Waals surface area contributed by atoms with Crippen LogP contribution in [0.25, 0.3) is 0 Å². The molecular weight excluding hydrogens is 471 g/mol. The smallest absolute Gasteiger partial charge is 1.00 e. The van der Waals surface area contributed by atoms with Crippen LogP contribution in [0.3, 0.4) is 0 Å². The SMILES string of the molecule is CC1=C(C)C(CC2(C)C=CC=CC2)([SiH2]c2cc(C)cc(C)c2)[C]([Ti+3])=C1C.[Cl-].[Cl-].[Cl-]. The second-order valence-corrected chi connectivity index (χ2v) is 12.0. The molecule has 0 N–H and O–H groups in total. The molecule has 0 radical (unpaired) electrons. The van der Waals surface area contributed by atoms with Crippen LogP contribution in [-0.4, -0.2) is 9.52 Å². The van der Waals surface area contributed by atoms with Crippen molar-refractivity contribution in [3.63, 3.8) is 0 Å². The maximum Gasteiger partial charge on any atom is -1.00 e. The van der Waals surface area contributed by atoms with Gasteiger partial charge in [-0.3, -0.25) is 0 Å². The van der Waals surface area contributed by atoms with E-state index >= 15 is 0 Å². The molecule has 0 spiro atoms. The predicted molar refractivity (Wildman–Crippen MR) is 113 cm³/mol. The summed E-state index contributed by atoms with van der Waals surface area (Å²) in [7, 11) is -0.499. The van der Waals surface area contributed by atoms with Gasteiger partial charge in [-0.2, -0.15) is 0 Å². The van der Waals surface area contributed by atoms with Crippen LogP contribution in [0.2, 0.25) is 5.04 Å². The molecule has 0 saturated heterocycles. The van der Waals surface area contributed by atoms with E-state index in [1.54, 1.807) is 25.8 Å². The van der Waals surface area contributed by atoms with Gasteiger partial charge in [0.1, 0.15) is 0 Å². The maximum absolute atomic E-state index is 2.45. The molecule has 2 aliphatic carbocycles. The molecule has 0 heterocycles.